The summed E-state index contributed by atoms with van der Waals surface area (Å²) in [5.41, 5.74) is 1.85. The molecule has 0 fully saturated rings. The Morgan fingerprint density at radius 3 is 2.62 bits per heavy atom. The smallest absolute Gasteiger partial charge is 0.165 e. The maximum Gasteiger partial charge on any atom is 0.165 e. The lowest BCUT2D eigenvalue weighted by molar-refractivity contribution is 0.434. The summed E-state index contributed by atoms with van der Waals surface area (Å²) in [6.07, 6.45) is 0. The molecule has 0 amide bonds. The zero-order valence-corrected chi connectivity index (χ0v) is 13.2. The standard InChI is InChI=1S/C17H19ClFNO/c1-11(2)20-10-13-9-14(18)5-7-16(13)21-17-8-12(3)4-6-15(17)19/h4-9,11,20H,10H2,1-3H3. The molecule has 0 radical (unpaired) electrons. The minimum Gasteiger partial charge on any atom is -0.454 e. The van der Waals surface area contributed by atoms with E-state index in [0.29, 0.717) is 23.4 Å². The quantitative estimate of drug-likeness (QED) is 0.832. The molecule has 0 spiro atoms. The van der Waals surface area contributed by atoms with E-state index in [0.717, 1.165) is 11.1 Å². The maximum absolute atomic E-state index is 13.8. The second kappa shape index (κ2) is 6.92. The molecule has 0 heterocycles. The molecule has 2 aromatic carbocycles. The van der Waals surface area contributed by atoms with Crippen molar-refractivity contribution in [1.82, 2.24) is 5.32 Å². The molecule has 0 bridgehead atoms. The Labute approximate surface area is 129 Å². The van der Waals surface area contributed by atoms with Gasteiger partial charge >= 0.3 is 0 Å². The summed E-state index contributed by atoms with van der Waals surface area (Å²) in [5.74, 6) is 0.457. The Morgan fingerprint density at radius 1 is 1.14 bits per heavy atom. The average molecular weight is 308 g/mol. The average Bonchev–Trinajstić information content (AvgIpc) is 2.43. The third-order valence-corrected chi connectivity index (χ3v) is 3.27. The topological polar surface area (TPSA) is 21.3 Å². The lowest BCUT2D eigenvalue weighted by atomic mass is 10.2. The van der Waals surface area contributed by atoms with Crippen molar-refractivity contribution < 1.29 is 9.13 Å². The van der Waals surface area contributed by atoms with E-state index >= 15 is 0 Å². The van der Waals surface area contributed by atoms with Crippen molar-refractivity contribution in [3.63, 3.8) is 0 Å². The molecule has 21 heavy (non-hydrogen) atoms. The van der Waals surface area contributed by atoms with Crippen molar-refractivity contribution in [2.45, 2.75) is 33.4 Å². The van der Waals surface area contributed by atoms with E-state index < -0.39 is 0 Å². The first-order valence-electron chi connectivity index (χ1n) is 6.91. The number of benzene rings is 2. The number of rotatable bonds is 5. The van der Waals surface area contributed by atoms with Crippen molar-refractivity contribution in [2.75, 3.05) is 0 Å². The normalized spacial score (nSPS) is 11.0. The molecule has 0 atom stereocenters. The molecule has 0 aliphatic carbocycles. The summed E-state index contributed by atoms with van der Waals surface area (Å²) in [7, 11) is 0. The van der Waals surface area contributed by atoms with Crippen LogP contribution in [0.15, 0.2) is 36.4 Å². The largest absolute Gasteiger partial charge is 0.454 e. The fourth-order valence-corrected chi connectivity index (χ4v) is 2.10. The van der Waals surface area contributed by atoms with Crippen LogP contribution in [0.2, 0.25) is 5.02 Å². The van der Waals surface area contributed by atoms with Gasteiger partial charge in [0, 0.05) is 23.2 Å². The second-order valence-corrected chi connectivity index (χ2v) is 5.76. The van der Waals surface area contributed by atoms with Crippen LogP contribution >= 0.6 is 11.6 Å². The molecule has 2 rings (SSSR count). The van der Waals surface area contributed by atoms with E-state index in [4.69, 9.17) is 16.3 Å². The highest BCUT2D eigenvalue weighted by Crippen LogP contribution is 2.30. The van der Waals surface area contributed by atoms with Crippen LogP contribution in [0, 0.1) is 12.7 Å². The Bertz CT molecular complexity index is 628. The van der Waals surface area contributed by atoms with Crippen LogP contribution in [0.1, 0.15) is 25.0 Å². The monoisotopic (exact) mass is 307 g/mol. The molecule has 0 saturated heterocycles. The van der Waals surface area contributed by atoms with E-state index in [1.165, 1.54) is 6.07 Å². The van der Waals surface area contributed by atoms with Gasteiger partial charge in [-0.1, -0.05) is 31.5 Å². The first-order valence-corrected chi connectivity index (χ1v) is 7.29. The molecule has 0 unspecified atom stereocenters. The Hall–Kier alpha value is -1.58. The molecule has 0 aliphatic rings. The zero-order chi connectivity index (χ0) is 15.4. The second-order valence-electron chi connectivity index (χ2n) is 5.32. The predicted octanol–water partition coefficient (Wildman–Crippen LogP) is 5.08. The van der Waals surface area contributed by atoms with Crippen LogP contribution in [-0.4, -0.2) is 6.04 Å². The molecule has 112 valence electrons. The summed E-state index contributed by atoms with van der Waals surface area (Å²) in [6.45, 7) is 6.63. The number of halogens is 2. The van der Waals surface area contributed by atoms with Gasteiger partial charge < -0.3 is 10.1 Å². The highest BCUT2D eigenvalue weighted by molar-refractivity contribution is 6.30. The van der Waals surface area contributed by atoms with E-state index in [1.54, 1.807) is 24.3 Å². The minimum absolute atomic E-state index is 0.225. The first-order chi connectivity index (χ1) is 9.95. The maximum atomic E-state index is 13.8. The number of aryl methyl sites for hydroxylation is 1. The molecule has 0 aliphatic heterocycles. The van der Waals surface area contributed by atoms with E-state index in [1.807, 2.05) is 13.0 Å². The summed E-state index contributed by atoms with van der Waals surface area (Å²) in [5, 5.41) is 3.94. The number of hydrogen-bond donors (Lipinski definition) is 1. The Kier molecular flexibility index (Phi) is 5.21. The fourth-order valence-electron chi connectivity index (χ4n) is 1.91. The zero-order valence-electron chi connectivity index (χ0n) is 12.4. The van der Waals surface area contributed by atoms with Gasteiger partial charge in [-0.05, 0) is 42.8 Å². The van der Waals surface area contributed by atoms with Crippen LogP contribution in [0.5, 0.6) is 11.5 Å². The van der Waals surface area contributed by atoms with Gasteiger partial charge in [0.2, 0.25) is 0 Å². The van der Waals surface area contributed by atoms with Crippen molar-refractivity contribution in [3.8, 4) is 11.5 Å². The summed E-state index contributed by atoms with van der Waals surface area (Å²) < 4.78 is 19.5. The van der Waals surface area contributed by atoms with E-state index in [-0.39, 0.29) is 11.6 Å². The van der Waals surface area contributed by atoms with Gasteiger partial charge in [0.15, 0.2) is 11.6 Å². The third-order valence-electron chi connectivity index (χ3n) is 3.03. The van der Waals surface area contributed by atoms with Crippen molar-refractivity contribution >= 4 is 11.6 Å². The van der Waals surface area contributed by atoms with Gasteiger partial charge in [0.05, 0.1) is 0 Å². The summed E-state index contributed by atoms with van der Waals surface area (Å²) in [4.78, 5) is 0. The molecule has 0 saturated carbocycles. The van der Waals surface area contributed by atoms with Gasteiger partial charge in [-0.2, -0.15) is 0 Å². The van der Waals surface area contributed by atoms with E-state index in [2.05, 4.69) is 19.2 Å². The summed E-state index contributed by atoms with van der Waals surface area (Å²) in [6, 6.07) is 10.5. The number of nitrogens with one attached hydrogen (secondary N) is 1. The molecule has 0 aromatic heterocycles. The molecule has 2 aromatic rings. The molecule has 2 nitrogen and oxygen atoms in total. The molecule has 4 heteroatoms. The first kappa shape index (κ1) is 15.8. The minimum atomic E-state index is -0.377. The van der Waals surface area contributed by atoms with Crippen LogP contribution in [0.3, 0.4) is 0 Å². The highest BCUT2D eigenvalue weighted by Gasteiger charge is 2.10. The lowest BCUT2D eigenvalue weighted by Gasteiger charge is -2.14. The van der Waals surface area contributed by atoms with Crippen molar-refractivity contribution in [1.29, 1.82) is 0 Å². The predicted molar refractivity (Wildman–Crippen MR) is 84.6 cm³/mol. The number of hydrogen-bond acceptors (Lipinski definition) is 2. The van der Waals surface area contributed by atoms with Crippen molar-refractivity contribution in [3.05, 3.63) is 58.4 Å². The van der Waals surface area contributed by atoms with Gasteiger partial charge in [-0.25, -0.2) is 4.39 Å². The van der Waals surface area contributed by atoms with Gasteiger partial charge in [-0.15, -0.1) is 0 Å². The Morgan fingerprint density at radius 2 is 1.90 bits per heavy atom. The van der Waals surface area contributed by atoms with Crippen molar-refractivity contribution in [2.24, 2.45) is 0 Å². The third kappa shape index (κ3) is 4.45. The molecular weight excluding hydrogens is 289 g/mol. The molecular formula is C17H19ClFNO. The fraction of sp³-hybridized carbons (Fsp3) is 0.294. The number of ether oxygens (including phenoxy) is 1. The lowest BCUT2D eigenvalue weighted by Crippen LogP contribution is -2.22. The highest BCUT2D eigenvalue weighted by atomic mass is 35.5. The van der Waals surface area contributed by atoms with E-state index in [9.17, 15) is 4.39 Å². The van der Waals surface area contributed by atoms with Crippen LogP contribution in [0.25, 0.3) is 0 Å². The van der Waals surface area contributed by atoms with Crippen LogP contribution in [0.4, 0.5) is 4.39 Å². The Balaban J connectivity index is 2.28. The van der Waals surface area contributed by atoms with Crippen LogP contribution in [-0.2, 0) is 6.54 Å². The molecule has 1 N–H and O–H groups in total. The summed E-state index contributed by atoms with van der Waals surface area (Å²) >= 11 is 6.03. The van der Waals surface area contributed by atoms with Gasteiger partial charge in [0.25, 0.3) is 0 Å². The van der Waals surface area contributed by atoms with Crippen LogP contribution < -0.4 is 10.1 Å². The SMILES string of the molecule is Cc1ccc(F)c(Oc2ccc(Cl)cc2CNC(C)C)c1. The van der Waals surface area contributed by atoms with Gasteiger partial charge in [-0.3, -0.25) is 0 Å². The van der Waals surface area contributed by atoms with Gasteiger partial charge in [0.1, 0.15) is 5.75 Å².